The Hall–Kier alpha value is -2.80. The molecule has 2 amide bonds. The fraction of sp³-hybridized carbons (Fsp3) is 0.429. The maximum Gasteiger partial charge on any atom is 0.270 e. The average Bonchev–Trinajstić information content (AvgIpc) is 3.10. The van der Waals surface area contributed by atoms with E-state index in [9.17, 15) is 9.59 Å². The predicted octanol–water partition coefficient (Wildman–Crippen LogP) is 1.98. The summed E-state index contributed by atoms with van der Waals surface area (Å²) in [5.74, 6) is -0.158. The minimum Gasteiger partial charge on any atom is -0.373 e. The van der Waals surface area contributed by atoms with Gasteiger partial charge >= 0.3 is 0 Å². The number of nitrogens with one attached hydrogen (secondary N) is 1. The molecule has 0 saturated carbocycles. The second-order valence-corrected chi connectivity index (χ2v) is 7.63. The maximum absolute atomic E-state index is 12.7. The summed E-state index contributed by atoms with van der Waals surface area (Å²) >= 11 is 0. The fourth-order valence-electron chi connectivity index (χ4n) is 4.01. The smallest absolute Gasteiger partial charge is 0.270 e. The van der Waals surface area contributed by atoms with E-state index in [4.69, 9.17) is 4.74 Å². The number of ether oxygens (including phenoxy) is 1. The highest BCUT2D eigenvalue weighted by molar-refractivity contribution is 5.94. The van der Waals surface area contributed by atoms with Crippen molar-refractivity contribution in [3.63, 3.8) is 0 Å². The van der Waals surface area contributed by atoms with E-state index in [1.807, 2.05) is 17.9 Å². The summed E-state index contributed by atoms with van der Waals surface area (Å²) < 4.78 is 6.10. The molecule has 4 heterocycles. The van der Waals surface area contributed by atoms with Crippen LogP contribution in [0.3, 0.4) is 0 Å². The van der Waals surface area contributed by atoms with Crippen molar-refractivity contribution >= 4 is 11.8 Å². The van der Waals surface area contributed by atoms with Crippen LogP contribution in [0.25, 0.3) is 0 Å². The van der Waals surface area contributed by atoms with E-state index in [-0.39, 0.29) is 23.5 Å². The Balaban J connectivity index is 1.32. The zero-order valence-electron chi connectivity index (χ0n) is 15.9. The summed E-state index contributed by atoms with van der Waals surface area (Å²) in [6.07, 6.45) is 7.28. The lowest BCUT2D eigenvalue weighted by molar-refractivity contribution is -0.0389. The molecule has 2 aromatic heterocycles. The van der Waals surface area contributed by atoms with Crippen molar-refractivity contribution in [3.8, 4) is 0 Å². The Morgan fingerprint density at radius 3 is 2.79 bits per heavy atom. The Labute approximate surface area is 164 Å². The number of aromatic nitrogens is 2. The number of likely N-dealkylation sites (tertiary alicyclic amines) is 1. The maximum atomic E-state index is 12.7. The van der Waals surface area contributed by atoms with Gasteiger partial charge in [0.05, 0.1) is 23.8 Å². The van der Waals surface area contributed by atoms with Crippen molar-refractivity contribution < 1.29 is 14.3 Å². The molecule has 4 rings (SSSR count). The van der Waals surface area contributed by atoms with E-state index in [1.54, 1.807) is 36.8 Å². The van der Waals surface area contributed by atoms with Crippen LogP contribution in [0.5, 0.6) is 0 Å². The molecule has 2 aromatic rings. The van der Waals surface area contributed by atoms with Crippen molar-refractivity contribution in [2.45, 2.75) is 37.8 Å². The molecule has 0 radical (unpaired) electrons. The van der Waals surface area contributed by atoms with E-state index in [2.05, 4.69) is 15.3 Å². The standard InChI is InChI=1S/C21H24N4O3/c1-15-10-16(13-22-12-15)20(27)25-8-5-21(6-9-25)11-17(14-28-21)24-19(26)18-4-2-3-7-23-18/h2-4,7,10,12-13,17H,5-6,8-9,11,14H2,1H3,(H,24,26)/t17-/m0/s1. The number of hydrogen-bond donors (Lipinski definition) is 1. The first-order valence-corrected chi connectivity index (χ1v) is 9.61. The number of rotatable bonds is 3. The Bertz CT molecular complexity index is 863. The second-order valence-electron chi connectivity index (χ2n) is 7.63. The Kier molecular flexibility index (Phi) is 5.09. The molecule has 1 atom stereocenters. The van der Waals surface area contributed by atoms with E-state index in [0.29, 0.717) is 31.0 Å². The zero-order chi connectivity index (χ0) is 19.6. The molecule has 2 fully saturated rings. The van der Waals surface area contributed by atoms with Crippen molar-refractivity contribution in [1.29, 1.82) is 0 Å². The van der Waals surface area contributed by atoms with Crippen LogP contribution in [-0.2, 0) is 4.74 Å². The van der Waals surface area contributed by atoms with Crippen molar-refractivity contribution in [1.82, 2.24) is 20.2 Å². The van der Waals surface area contributed by atoms with Gasteiger partial charge in [-0.2, -0.15) is 0 Å². The highest BCUT2D eigenvalue weighted by Gasteiger charge is 2.44. The van der Waals surface area contributed by atoms with E-state index >= 15 is 0 Å². The molecular weight excluding hydrogens is 356 g/mol. The molecule has 7 nitrogen and oxygen atoms in total. The molecule has 0 aliphatic carbocycles. The van der Waals surface area contributed by atoms with Crippen molar-refractivity contribution in [2.24, 2.45) is 0 Å². The highest BCUT2D eigenvalue weighted by atomic mass is 16.5. The van der Waals surface area contributed by atoms with Gasteiger partial charge < -0.3 is 15.0 Å². The molecule has 2 saturated heterocycles. The monoisotopic (exact) mass is 380 g/mol. The van der Waals surface area contributed by atoms with Crippen molar-refractivity contribution in [2.75, 3.05) is 19.7 Å². The normalized spacial score (nSPS) is 20.9. The summed E-state index contributed by atoms with van der Waals surface area (Å²) in [7, 11) is 0. The van der Waals surface area contributed by atoms with Gasteiger partial charge in [0.1, 0.15) is 5.69 Å². The lowest BCUT2D eigenvalue weighted by Gasteiger charge is -2.38. The number of pyridine rings is 2. The third kappa shape index (κ3) is 3.89. The number of aryl methyl sites for hydroxylation is 1. The minimum absolute atomic E-state index is 0.0176. The number of carbonyl (C=O) groups excluding carboxylic acids is 2. The fourth-order valence-corrected chi connectivity index (χ4v) is 4.01. The first-order chi connectivity index (χ1) is 13.5. The number of amides is 2. The van der Waals surface area contributed by atoms with Crippen LogP contribution in [0.15, 0.2) is 42.9 Å². The van der Waals surface area contributed by atoms with Crippen LogP contribution in [0.2, 0.25) is 0 Å². The van der Waals surface area contributed by atoms with Crippen LogP contribution in [-0.4, -0.2) is 58.0 Å². The molecule has 146 valence electrons. The summed E-state index contributed by atoms with van der Waals surface area (Å²) in [6, 6.07) is 7.12. The molecule has 28 heavy (non-hydrogen) atoms. The lowest BCUT2D eigenvalue weighted by Crippen LogP contribution is -2.47. The highest BCUT2D eigenvalue weighted by Crippen LogP contribution is 2.36. The number of nitrogens with zero attached hydrogens (tertiary/aromatic N) is 3. The SMILES string of the molecule is Cc1cncc(C(=O)N2CCC3(CC2)C[C@H](NC(=O)c2ccccn2)CO3)c1. The molecule has 1 N–H and O–H groups in total. The van der Waals surface area contributed by atoms with Gasteiger partial charge in [0.25, 0.3) is 11.8 Å². The average molecular weight is 380 g/mol. The minimum atomic E-state index is -0.260. The zero-order valence-corrected chi connectivity index (χ0v) is 15.9. The topological polar surface area (TPSA) is 84.4 Å². The third-order valence-electron chi connectivity index (χ3n) is 5.53. The van der Waals surface area contributed by atoms with Gasteiger partial charge in [-0.05, 0) is 49.9 Å². The van der Waals surface area contributed by atoms with Crippen LogP contribution in [0.4, 0.5) is 0 Å². The van der Waals surface area contributed by atoms with Gasteiger partial charge in [-0.3, -0.25) is 19.6 Å². The number of piperidine rings is 1. The summed E-state index contributed by atoms with van der Waals surface area (Å²) in [5.41, 5.74) is 1.76. The van der Waals surface area contributed by atoms with Gasteiger partial charge in [0, 0.05) is 31.7 Å². The molecule has 1 spiro atoms. The Morgan fingerprint density at radius 2 is 2.07 bits per heavy atom. The lowest BCUT2D eigenvalue weighted by atomic mass is 9.87. The van der Waals surface area contributed by atoms with E-state index in [0.717, 1.165) is 24.8 Å². The van der Waals surface area contributed by atoms with Crippen LogP contribution >= 0.6 is 0 Å². The van der Waals surface area contributed by atoms with E-state index < -0.39 is 0 Å². The molecule has 2 aliphatic heterocycles. The van der Waals surface area contributed by atoms with Crippen molar-refractivity contribution in [3.05, 3.63) is 59.7 Å². The second kappa shape index (κ2) is 7.67. The number of hydrogen-bond acceptors (Lipinski definition) is 5. The van der Waals surface area contributed by atoms with Gasteiger partial charge in [-0.25, -0.2) is 0 Å². The molecule has 0 aromatic carbocycles. The molecule has 0 bridgehead atoms. The Morgan fingerprint density at radius 1 is 1.25 bits per heavy atom. The van der Waals surface area contributed by atoms with Crippen LogP contribution in [0.1, 0.15) is 45.7 Å². The molecule has 0 unspecified atom stereocenters. The molecule has 2 aliphatic rings. The van der Waals surface area contributed by atoms with Crippen LogP contribution < -0.4 is 5.32 Å². The summed E-state index contributed by atoms with van der Waals surface area (Å²) in [6.45, 7) is 3.72. The van der Waals surface area contributed by atoms with Gasteiger partial charge in [-0.1, -0.05) is 6.07 Å². The van der Waals surface area contributed by atoms with Gasteiger partial charge in [0.2, 0.25) is 0 Å². The largest absolute Gasteiger partial charge is 0.373 e. The molecule has 7 heteroatoms. The first kappa shape index (κ1) is 18.6. The third-order valence-corrected chi connectivity index (χ3v) is 5.53. The predicted molar refractivity (Wildman–Crippen MR) is 103 cm³/mol. The summed E-state index contributed by atoms with van der Waals surface area (Å²) in [5, 5.41) is 3.02. The van der Waals surface area contributed by atoms with Crippen LogP contribution in [0, 0.1) is 6.92 Å². The van der Waals surface area contributed by atoms with Gasteiger partial charge in [0.15, 0.2) is 0 Å². The number of carbonyl (C=O) groups is 2. The molecular formula is C21H24N4O3. The van der Waals surface area contributed by atoms with E-state index in [1.165, 1.54) is 0 Å². The van der Waals surface area contributed by atoms with Gasteiger partial charge in [-0.15, -0.1) is 0 Å². The first-order valence-electron chi connectivity index (χ1n) is 9.61. The summed E-state index contributed by atoms with van der Waals surface area (Å²) in [4.78, 5) is 35.1. The quantitative estimate of drug-likeness (QED) is 0.880.